The fourth-order valence-corrected chi connectivity index (χ4v) is 16.7. The third-order valence-electron chi connectivity index (χ3n) is 19.5. The first-order chi connectivity index (χ1) is 46.6. The summed E-state index contributed by atoms with van der Waals surface area (Å²) in [5, 5.41) is 14.8. The molecule has 96 heavy (non-hydrogen) atoms. The molecule has 2 aromatic heterocycles. The quantitative estimate of drug-likeness (QED) is 0.0120. The topological polar surface area (TPSA) is 269 Å². The van der Waals surface area contributed by atoms with Crippen LogP contribution in [0.25, 0.3) is 73.8 Å². The molecule has 5 aliphatic rings. The molecule has 1 saturated heterocycles. The molecule has 2 amide bonds. The minimum absolute atomic E-state index is 0.309. The molecule has 24 heteroatoms. The Bertz CT molecular complexity index is 3750. The minimum atomic E-state index is -4.41. The highest BCUT2D eigenvalue weighted by Gasteiger charge is 2.71. The van der Waals surface area contributed by atoms with Crippen LogP contribution in [0.4, 0.5) is 18.9 Å². The molecule has 4 aliphatic carbocycles. The zero-order valence-corrected chi connectivity index (χ0v) is 56.7. The maximum atomic E-state index is 16.0. The third kappa shape index (κ3) is 15.3. The number of azide groups is 4. The Morgan fingerprint density at radius 3 is 1.10 bits per heavy atom. The van der Waals surface area contributed by atoms with Crippen LogP contribution in [-0.2, 0) is 26.6 Å². The number of allylic oxidation sites excluding steroid dienone is 2. The number of thiophene rings is 2. The Hall–Kier alpha value is -8.61. The fraction of sp³-hybridized carbons (Fsp3) is 0.500. The molecular weight excluding hydrogens is 1260 g/mol. The Kier molecular flexibility index (Phi) is 23.7. The Labute approximate surface area is 565 Å². The van der Waals surface area contributed by atoms with E-state index in [1.54, 1.807) is 34.8 Å². The molecule has 504 valence electrons. The number of rotatable bonds is 37. The number of anilines is 1. The van der Waals surface area contributed by atoms with E-state index in [1.165, 1.54) is 16.0 Å². The van der Waals surface area contributed by atoms with Gasteiger partial charge >= 0.3 is 6.18 Å². The summed E-state index contributed by atoms with van der Waals surface area (Å²) in [4.78, 5) is 49.1. The van der Waals surface area contributed by atoms with Crippen molar-refractivity contribution in [1.29, 1.82) is 0 Å². The third-order valence-corrected chi connectivity index (χ3v) is 21.7. The lowest BCUT2D eigenvalue weighted by Gasteiger charge is -2.58. The Balaban J connectivity index is 0.995. The number of alkyl halides is 3. The molecule has 0 radical (unpaired) electrons. The lowest BCUT2D eigenvalue weighted by atomic mass is 9.42. The van der Waals surface area contributed by atoms with Crippen molar-refractivity contribution >= 4 is 51.3 Å². The summed E-state index contributed by atoms with van der Waals surface area (Å²) in [6.07, 6.45) is 11.2. The number of aryl methyl sites for hydroxylation is 2. The molecule has 2 bridgehead atoms. The normalized spacial score (nSPS) is 18.3. The average molecular weight is 1350 g/mol. The van der Waals surface area contributed by atoms with Crippen LogP contribution in [0.1, 0.15) is 185 Å². The van der Waals surface area contributed by atoms with E-state index >= 15 is 9.59 Å². The van der Waals surface area contributed by atoms with E-state index in [1.807, 2.05) is 48.5 Å². The molecule has 11 rings (SSSR count). The van der Waals surface area contributed by atoms with Gasteiger partial charge in [0.05, 0.1) is 49.5 Å². The summed E-state index contributed by atoms with van der Waals surface area (Å²) in [7, 11) is 0. The van der Waals surface area contributed by atoms with Crippen LogP contribution < -0.4 is 23.8 Å². The van der Waals surface area contributed by atoms with Crippen LogP contribution in [0.5, 0.6) is 23.0 Å². The van der Waals surface area contributed by atoms with Gasteiger partial charge in [-0.3, -0.25) is 9.59 Å². The Morgan fingerprint density at radius 2 is 0.792 bits per heavy atom. The molecule has 2 unspecified atom stereocenters. The van der Waals surface area contributed by atoms with Gasteiger partial charge in [-0.05, 0) is 223 Å². The van der Waals surface area contributed by atoms with Gasteiger partial charge < -0.3 is 18.9 Å². The number of imide groups is 1. The number of unbranched alkanes of at least 4 members (excludes halogenated alkanes) is 12. The van der Waals surface area contributed by atoms with E-state index in [9.17, 15) is 13.2 Å². The van der Waals surface area contributed by atoms with E-state index in [0.717, 1.165) is 198 Å². The van der Waals surface area contributed by atoms with Crippen LogP contribution in [-0.4, -0.2) is 64.4 Å². The molecule has 1 fully saturated rings. The lowest BCUT2D eigenvalue weighted by Crippen LogP contribution is -2.59. The maximum absolute atomic E-state index is 16.0. The van der Waals surface area contributed by atoms with Crippen molar-refractivity contribution in [2.45, 2.75) is 167 Å². The van der Waals surface area contributed by atoms with Crippen LogP contribution >= 0.6 is 22.7 Å². The first-order valence-electron chi connectivity index (χ1n) is 33.6. The number of ether oxygens (including phenoxy) is 4. The summed E-state index contributed by atoms with van der Waals surface area (Å²) in [5.41, 5.74) is 42.7. The molecular formula is C72H82F3N13O6S2. The molecule has 1 aliphatic heterocycles. The molecule has 6 aromatic rings. The van der Waals surface area contributed by atoms with Crippen molar-refractivity contribution in [3.05, 3.63) is 175 Å². The van der Waals surface area contributed by atoms with Crippen LogP contribution in [0.2, 0.25) is 0 Å². The standard InChI is InChI=1S/C72H82F3N13O6S2/c1-46-54(40-64(95-46)48-24-28-50(29-25-48)72(73,74)75)52-22-21-23-53(52)55-41-65(96-47(55)2)49-26-30-51(31-27-49)88-68(89)66-67(69(88)90)71(4)58-44-62(93-38-19-11-7-15-34-82-86-78)60(91-36-17-9-5-13-32-80-84-76)42-56(58)70(66,3)57-43-61(92-37-18-10-6-14-33-81-85-77)63(45-59(57)71)94-39-20-12-8-16-35-83-87-79/h24-31,40-45,66-67H,5-23,32-39H2,1-4H3. The van der Waals surface area contributed by atoms with Gasteiger partial charge in [-0.25, -0.2) is 4.90 Å². The number of hydrogen-bond acceptors (Lipinski definition) is 12. The van der Waals surface area contributed by atoms with Gasteiger partial charge in [0.25, 0.3) is 0 Å². The van der Waals surface area contributed by atoms with Crippen molar-refractivity contribution in [2.75, 3.05) is 57.5 Å². The molecule has 2 atom stereocenters. The highest BCUT2D eigenvalue weighted by atomic mass is 32.1. The smallest absolute Gasteiger partial charge is 0.416 e. The first kappa shape index (κ1) is 70.2. The van der Waals surface area contributed by atoms with Gasteiger partial charge in [0, 0.05) is 76.2 Å². The maximum Gasteiger partial charge on any atom is 0.416 e. The molecule has 0 N–H and O–H groups in total. The fourth-order valence-electron chi connectivity index (χ4n) is 14.6. The summed E-state index contributed by atoms with van der Waals surface area (Å²) in [6.45, 7) is 11.6. The van der Waals surface area contributed by atoms with Gasteiger partial charge in [0.2, 0.25) is 11.8 Å². The minimum Gasteiger partial charge on any atom is -0.490 e. The predicted molar refractivity (Wildman–Crippen MR) is 372 cm³/mol. The molecule has 4 aromatic carbocycles. The second-order valence-corrected chi connectivity index (χ2v) is 28.0. The number of halogens is 3. The van der Waals surface area contributed by atoms with Gasteiger partial charge in [-0.2, -0.15) is 13.2 Å². The predicted octanol–water partition coefficient (Wildman–Crippen LogP) is 21.6. The summed E-state index contributed by atoms with van der Waals surface area (Å²) < 4.78 is 67.3. The van der Waals surface area contributed by atoms with Gasteiger partial charge in [-0.1, -0.05) is 110 Å². The van der Waals surface area contributed by atoms with Crippen molar-refractivity contribution < 1.29 is 41.7 Å². The van der Waals surface area contributed by atoms with Gasteiger partial charge in [0.1, 0.15) is 0 Å². The number of carbonyl (C=O) groups excluding carboxylic acids is 2. The zero-order chi connectivity index (χ0) is 67.8. The highest BCUT2D eigenvalue weighted by Crippen LogP contribution is 2.69. The summed E-state index contributed by atoms with van der Waals surface area (Å²) >= 11 is 3.28. The number of nitrogens with zero attached hydrogens (tertiary/aromatic N) is 13. The van der Waals surface area contributed by atoms with Crippen LogP contribution in [0.15, 0.2) is 105 Å². The second-order valence-electron chi connectivity index (χ2n) is 25.5. The van der Waals surface area contributed by atoms with E-state index in [0.29, 0.717) is 81.3 Å². The Morgan fingerprint density at radius 1 is 0.479 bits per heavy atom. The molecule has 3 heterocycles. The molecule has 0 spiro atoms. The van der Waals surface area contributed by atoms with Crippen molar-refractivity contribution in [3.8, 4) is 43.9 Å². The highest BCUT2D eigenvalue weighted by molar-refractivity contribution is 7.16. The number of hydrogen-bond donors (Lipinski definition) is 0. The van der Waals surface area contributed by atoms with Crippen LogP contribution in [0.3, 0.4) is 0 Å². The van der Waals surface area contributed by atoms with Gasteiger partial charge in [0.15, 0.2) is 23.0 Å². The molecule has 19 nitrogen and oxygen atoms in total. The van der Waals surface area contributed by atoms with Crippen molar-refractivity contribution in [2.24, 2.45) is 32.3 Å². The summed E-state index contributed by atoms with van der Waals surface area (Å²) in [5.74, 6) is -0.211. The van der Waals surface area contributed by atoms with E-state index < -0.39 is 34.4 Å². The number of benzene rings is 4. The number of carbonyl (C=O) groups is 2. The SMILES string of the molecule is Cc1sc(-c2ccc(N3C(=O)C4C(C3=O)C3(C)c5cc(OCCCCCCN=[N+]=[N-])c(OCCCCCCN=[N+]=[N-])cc5C4(C)c4cc(OCCCCCCN=[N+]=[N-])c(OCCCCCCN=[N+]=[N-])cc43)cc2)cc1C1=C(c2cc(-c3ccc(C(F)(F)F)cc3)sc2C)CCC1. The lowest BCUT2D eigenvalue weighted by molar-refractivity contribution is -0.137. The first-order valence-corrected chi connectivity index (χ1v) is 35.2. The van der Waals surface area contributed by atoms with E-state index in [2.05, 4.69) is 79.9 Å². The van der Waals surface area contributed by atoms with E-state index in [-0.39, 0.29) is 11.8 Å². The van der Waals surface area contributed by atoms with E-state index in [4.69, 9.17) is 41.1 Å². The van der Waals surface area contributed by atoms with Crippen molar-refractivity contribution in [3.63, 3.8) is 0 Å². The van der Waals surface area contributed by atoms with Crippen molar-refractivity contribution in [1.82, 2.24) is 0 Å². The molecule has 0 saturated carbocycles. The summed E-state index contributed by atoms with van der Waals surface area (Å²) in [6, 6.07) is 25.6. The second kappa shape index (κ2) is 32.4. The zero-order valence-electron chi connectivity index (χ0n) is 55.0. The number of amides is 2. The van der Waals surface area contributed by atoms with Gasteiger partial charge in [-0.15, -0.1) is 22.7 Å². The monoisotopic (exact) mass is 1350 g/mol. The van der Waals surface area contributed by atoms with Crippen LogP contribution in [0, 0.1) is 25.7 Å². The average Bonchev–Trinajstić information content (AvgIpc) is 1.22. The largest absolute Gasteiger partial charge is 0.490 e.